The fraction of sp³-hybridized carbons (Fsp3) is 0.404. The molecule has 62 heavy (non-hydrogen) atoms. The maximum Gasteiger partial charge on any atom is 0.258 e. The SMILES string of the molecule is O=C1CCC(Nc2ccc(CN3CCC(N4CCN(c5ccc(C(=O)Nc6n[nH]c7ccc(Cc8cc(F)cc(F)c8)cc67)c(NC6CCOCC6)c5)CC4)CC3)cc2)C(=O)N1. The van der Waals surface area contributed by atoms with Gasteiger partial charge in [-0.05, 0) is 123 Å². The van der Waals surface area contributed by atoms with Crippen molar-refractivity contribution in [3.05, 3.63) is 113 Å². The minimum Gasteiger partial charge on any atom is -0.381 e. The number of H-pyrrole nitrogens is 1. The quantitative estimate of drug-likeness (QED) is 0.0911. The lowest BCUT2D eigenvalue weighted by Crippen LogP contribution is -2.53. The van der Waals surface area contributed by atoms with Gasteiger partial charge in [0.25, 0.3) is 5.91 Å². The maximum absolute atomic E-state index is 14.0. The molecular formula is C47H53F2N9O4. The number of piperidine rings is 2. The van der Waals surface area contributed by atoms with E-state index >= 15 is 0 Å². The lowest BCUT2D eigenvalue weighted by molar-refractivity contribution is -0.133. The molecule has 13 nitrogen and oxygen atoms in total. The monoisotopic (exact) mass is 845 g/mol. The van der Waals surface area contributed by atoms with E-state index < -0.39 is 11.6 Å². The summed E-state index contributed by atoms with van der Waals surface area (Å²) in [7, 11) is 0. The molecule has 1 unspecified atom stereocenters. The van der Waals surface area contributed by atoms with Crippen LogP contribution in [0.1, 0.15) is 65.6 Å². The number of ether oxygens (including phenoxy) is 1. The van der Waals surface area contributed by atoms with E-state index in [4.69, 9.17) is 4.74 Å². The lowest BCUT2D eigenvalue weighted by Gasteiger charge is -2.43. The number of aromatic nitrogens is 2. The van der Waals surface area contributed by atoms with E-state index in [1.165, 1.54) is 17.7 Å². The molecule has 4 aromatic carbocycles. The third kappa shape index (κ3) is 9.90. The van der Waals surface area contributed by atoms with Gasteiger partial charge in [0, 0.05) is 93.0 Å². The van der Waals surface area contributed by atoms with Gasteiger partial charge < -0.3 is 25.6 Å². The van der Waals surface area contributed by atoms with Crippen molar-refractivity contribution in [3.63, 3.8) is 0 Å². The average Bonchev–Trinajstić information content (AvgIpc) is 3.67. The number of piperazine rings is 1. The first-order valence-electron chi connectivity index (χ1n) is 21.8. The Kier molecular flexibility index (Phi) is 12.4. The van der Waals surface area contributed by atoms with Gasteiger partial charge in [0.2, 0.25) is 11.8 Å². The predicted octanol–water partition coefficient (Wildman–Crippen LogP) is 6.28. The Morgan fingerprint density at radius 2 is 1.52 bits per heavy atom. The van der Waals surface area contributed by atoms with Gasteiger partial charge in [-0.15, -0.1) is 0 Å². The molecule has 1 aromatic heterocycles. The normalized spacial score (nSPS) is 19.7. The number of fused-ring (bicyclic) bond motifs is 1. The zero-order valence-corrected chi connectivity index (χ0v) is 34.7. The first-order valence-corrected chi connectivity index (χ1v) is 21.8. The van der Waals surface area contributed by atoms with E-state index in [0.29, 0.717) is 60.8 Å². The molecule has 0 spiro atoms. The average molecular weight is 846 g/mol. The maximum atomic E-state index is 14.0. The highest BCUT2D eigenvalue weighted by Gasteiger charge is 2.29. The molecule has 0 saturated carbocycles. The van der Waals surface area contributed by atoms with Crippen LogP contribution in [-0.2, 0) is 27.3 Å². The molecule has 0 bridgehead atoms. The van der Waals surface area contributed by atoms with Gasteiger partial charge in [0.15, 0.2) is 5.82 Å². The molecule has 1 atom stereocenters. The molecule has 324 valence electrons. The van der Waals surface area contributed by atoms with Gasteiger partial charge in [-0.2, -0.15) is 5.10 Å². The summed E-state index contributed by atoms with van der Waals surface area (Å²) in [4.78, 5) is 45.2. The number of anilines is 4. The largest absolute Gasteiger partial charge is 0.381 e. The van der Waals surface area contributed by atoms with Crippen LogP contribution >= 0.6 is 0 Å². The standard InChI is InChI=1S/C47H53F2N9O4/c48-33-24-32(25-34(49)27-33)23-31-3-8-41-40(26-31)45(55-54-41)53-46(60)39-7-6-38(28-43(39)51-36-13-21-62-22-14-36)58-19-17-57(18-20-58)37-11-15-56(16-12-37)29-30-1-4-35(5-2-30)50-42-9-10-44(59)52-47(42)61/h1-8,24-28,36-37,42,50-51H,9-23,29H2,(H,52,59,61)(H2,53,54,55,60). The Bertz CT molecular complexity index is 2380. The second-order valence-electron chi connectivity index (χ2n) is 17.0. The van der Waals surface area contributed by atoms with E-state index in [2.05, 4.69) is 64.4 Å². The fourth-order valence-electron chi connectivity index (χ4n) is 9.28. The minimum absolute atomic E-state index is 0.177. The second kappa shape index (κ2) is 18.6. The van der Waals surface area contributed by atoms with Gasteiger partial charge >= 0.3 is 0 Å². The number of hydrogen-bond donors (Lipinski definition) is 5. The molecule has 5 N–H and O–H groups in total. The summed E-state index contributed by atoms with van der Waals surface area (Å²) in [5.74, 6) is -1.62. The lowest BCUT2D eigenvalue weighted by atomic mass is 10.0. The Morgan fingerprint density at radius 3 is 2.26 bits per heavy atom. The van der Waals surface area contributed by atoms with Gasteiger partial charge in [0.1, 0.15) is 17.7 Å². The van der Waals surface area contributed by atoms with Crippen molar-refractivity contribution in [2.75, 3.05) is 73.3 Å². The number of amides is 3. The molecule has 0 radical (unpaired) electrons. The van der Waals surface area contributed by atoms with Crippen LogP contribution in [0.25, 0.3) is 10.9 Å². The molecule has 4 fully saturated rings. The Labute approximate surface area is 359 Å². The summed E-state index contributed by atoms with van der Waals surface area (Å²) in [6.07, 6.45) is 5.12. The molecule has 15 heteroatoms. The molecule has 4 aliphatic rings. The van der Waals surface area contributed by atoms with Crippen LogP contribution in [0.3, 0.4) is 0 Å². The topological polar surface area (TPSA) is 147 Å². The number of rotatable bonds is 12. The summed E-state index contributed by atoms with van der Waals surface area (Å²) in [6.45, 7) is 8.04. The van der Waals surface area contributed by atoms with Crippen LogP contribution in [0.4, 0.5) is 31.7 Å². The van der Waals surface area contributed by atoms with Crippen molar-refractivity contribution < 1.29 is 27.9 Å². The number of likely N-dealkylation sites (tertiary alicyclic amines) is 1. The minimum atomic E-state index is -0.621. The molecule has 5 aromatic rings. The van der Waals surface area contributed by atoms with E-state index in [1.807, 2.05) is 42.5 Å². The number of carbonyl (C=O) groups is 3. The zero-order chi connectivity index (χ0) is 42.6. The van der Waals surface area contributed by atoms with Crippen LogP contribution in [-0.4, -0.2) is 108 Å². The molecule has 4 aliphatic heterocycles. The predicted molar refractivity (Wildman–Crippen MR) is 235 cm³/mol. The third-order valence-electron chi connectivity index (χ3n) is 12.7. The van der Waals surface area contributed by atoms with Crippen molar-refractivity contribution in [2.24, 2.45) is 0 Å². The molecule has 0 aliphatic carbocycles. The van der Waals surface area contributed by atoms with Gasteiger partial charge in [-0.1, -0.05) is 18.2 Å². The van der Waals surface area contributed by atoms with E-state index in [9.17, 15) is 23.2 Å². The number of benzene rings is 4. The van der Waals surface area contributed by atoms with Crippen LogP contribution < -0.4 is 26.2 Å². The Balaban J connectivity index is 0.802. The van der Waals surface area contributed by atoms with Crippen LogP contribution in [0.5, 0.6) is 0 Å². The molecule has 4 saturated heterocycles. The highest BCUT2D eigenvalue weighted by molar-refractivity contribution is 6.11. The highest BCUT2D eigenvalue weighted by atomic mass is 19.1. The number of nitrogens with zero attached hydrogens (tertiary/aromatic N) is 4. The van der Waals surface area contributed by atoms with E-state index in [-0.39, 0.29) is 29.8 Å². The highest BCUT2D eigenvalue weighted by Crippen LogP contribution is 2.31. The van der Waals surface area contributed by atoms with Crippen LogP contribution in [0, 0.1) is 11.6 Å². The van der Waals surface area contributed by atoms with Crippen molar-refractivity contribution in [1.29, 1.82) is 0 Å². The van der Waals surface area contributed by atoms with Crippen molar-refractivity contribution >= 4 is 51.5 Å². The number of aromatic amines is 1. The number of carbonyl (C=O) groups excluding carboxylic acids is 3. The molecule has 5 heterocycles. The zero-order valence-electron chi connectivity index (χ0n) is 34.7. The number of hydrogen-bond acceptors (Lipinski definition) is 10. The summed E-state index contributed by atoms with van der Waals surface area (Å²) in [5.41, 5.74) is 6.57. The van der Waals surface area contributed by atoms with Crippen molar-refractivity contribution in [2.45, 2.75) is 69.6 Å². The van der Waals surface area contributed by atoms with E-state index in [0.717, 1.165) is 106 Å². The summed E-state index contributed by atoms with van der Waals surface area (Å²) in [6, 6.07) is 23.8. The van der Waals surface area contributed by atoms with Crippen molar-refractivity contribution in [1.82, 2.24) is 25.3 Å². The van der Waals surface area contributed by atoms with Gasteiger partial charge in [0.05, 0.1) is 11.1 Å². The number of imide groups is 1. The first kappa shape index (κ1) is 41.5. The smallest absolute Gasteiger partial charge is 0.258 e. The summed E-state index contributed by atoms with van der Waals surface area (Å²) in [5, 5.41) is 20.5. The molecule has 3 amide bonds. The number of nitrogens with one attached hydrogen (secondary N) is 5. The van der Waals surface area contributed by atoms with Crippen molar-refractivity contribution in [3.8, 4) is 0 Å². The number of halogens is 2. The Hall–Kier alpha value is -5.90. The first-order chi connectivity index (χ1) is 30.2. The van der Waals surface area contributed by atoms with Crippen LogP contribution in [0.2, 0.25) is 0 Å². The van der Waals surface area contributed by atoms with E-state index in [1.54, 1.807) is 0 Å². The summed E-state index contributed by atoms with van der Waals surface area (Å²) < 4.78 is 33.4. The van der Waals surface area contributed by atoms with Gasteiger partial charge in [-0.3, -0.25) is 34.6 Å². The fourth-order valence-corrected chi connectivity index (χ4v) is 9.28. The second-order valence-corrected chi connectivity index (χ2v) is 17.0. The van der Waals surface area contributed by atoms with Gasteiger partial charge in [-0.25, -0.2) is 8.78 Å². The van der Waals surface area contributed by atoms with Crippen LogP contribution in [0.15, 0.2) is 78.9 Å². The summed E-state index contributed by atoms with van der Waals surface area (Å²) >= 11 is 0. The Morgan fingerprint density at radius 1 is 0.774 bits per heavy atom. The molecule has 9 rings (SSSR count). The third-order valence-corrected chi connectivity index (χ3v) is 12.7. The molecular weight excluding hydrogens is 793 g/mol.